The van der Waals surface area contributed by atoms with Gasteiger partial charge in [0, 0.05) is 31.5 Å². The van der Waals surface area contributed by atoms with Gasteiger partial charge in [0.15, 0.2) is 0 Å². The topological polar surface area (TPSA) is 67.4 Å². The summed E-state index contributed by atoms with van der Waals surface area (Å²) in [5.41, 5.74) is 3.07. The molecule has 1 aliphatic heterocycles. The van der Waals surface area contributed by atoms with Crippen molar-refractivity contribution in [3.8, 4) is 0 Å². The second-order valence-corrected chi connectivity index (χ2v) is 5.58. The first kappa shape index (κ1) is 15.6. The van der Waals surface area contributed by atoms with Crippen molar-refractivity contribution in [2.75, 3.05) is 31.6 Å². The maximum absolute atomic E-state index is 12.1. The normalized spacial score (nSPS) is 15.3. The molecule has 23 heavy (non-hydrogen) atoms. The molecule has 1 aromatic carbocycles. The first-order valence-corrected chi connectivity index (χ1v) is 7.70. The summed E-state index contributed by atoms with van der Waals surface area (Å²) in [4.78, 5) is 22.6. The van der Waals surface area contributed by atoms with Crippen molar-refractivity contribution in [3.05, 3.63) is 53.6 Å². The highest BCUT2D eigenvalue weighted by Crippen LogP contribution is 2.13. The van der Waals surface area contributed by atoms with Crippen LogP contribution in [0, 0.1) is 6.92 Å². The van der Waals surface area contributed by atoms with E-state index in [1.54, 1.807) is 6.20 Å². The van der Waals surface area contributed by atoms with Crippen LogP contribution < -0.4 is 5.32 Å². The molecule has 0 aliphatic carbocycles. The van der Waals surface area contributed by atoms with E-state index in [2.05, 4.69) is 20.2 Å². The molecule has 1 fully saturated rings. The minimum atomic E-state index is -0.251. The second kappa shape index (κ2) is 7.30. The van der Waals surface area contributed by atoms with Gasteiger partial charge in [-0.15, -0.1) is 0 Å². The molecule has 0 unspecified atom stereocenters. The molecule has 1 amide bonds. The third kappa shape index (κ3) is 4.34. The fourth-order valence-corrected chi connectivity index (χ4v) is 2.42. The molecule has 1 aromatic heterocycles. The smallest absolute Gasteiger partial charge is 0.275 e. The number of amides is 1. The maximum atomic E-state index is 12.1. The number of benzene rings is 1. The van der Waals surface area contributed by atoms with E-state index in [9.17, 15) is 4.79 Å². The molecule has 6 heteroatoms. The van der Waals surface area contributed by atoms with E-state index >= 15 is 0 Å². The highest BCUT2D eigenvalue weighted by Gasteiger charge is 2.11. The highest BCUT2D eigenvalue weighted by atomic mass is 16.5. The molecule has 2 aromatic rings. The summed E-state index contributed by atoms with van der Waals surface area (Å²) in [6.45, 7) is 6.26. The lowest BCUT2D eigenvalue weighted by molar-refractivity contribution is 0.0342. The summed E-state index contributed by atoms with van der Waals surface area (Å²) in [6.07, 6.45) is 3.07. The Balaban J connectivity index is 1.58. The third-order valence-corrected chi connectivity index (χ3v) is 3.74. The zero-order valence-electron chi connectivity index (χ0n) is 13.2. The van der Waals surface area contributed by atoms with Gasteiger partial charge in [0.05, 0.1) is 25.1 Å². The molecule has 0 saturated carbocycles. The molecule has 0 bridgehead atoms. The van der Waals surface area contributed by atoms with Gasteiger partial charge in [0.1, 0.15) is 5.69 Å². The molecule has 0 atom stereocenters. The Labute approximate surface area is 135 Å². The average Bonchev–Trinajstić information content (AvgIpc) is 2.58. The fourth-order valence-electron chi connectivity index (χ4n) is 2.42. The largest absolute Gasteiger partial charge is 0.379 e. The lowest BCUT2D eigenvalue weighted by Crippen LogP contribution is -2.35. The number of aromatic nitrogens is 2. The molecule has 0 radical (unpaired) electrons. The van der Waals surface area contributed by atoms with E-state index in [0.717, 1.165) is 44.2 Å². The van der Waals surface area contributed by atoms with Crippen molar-refractivity contribution in [1.82, 2.24) is 14.9 Å². The number of hydrogen-bond acceptors (Lipinski definition) is 5. The number of nitrogens with one attached hydrogen (secondary N) is 1. The average molecular weight is 312 g/mol. The van der Waals surface area contributed by atoms with Gasteiger partial charge in [0.2, 0.25) is 0 Å². The number of morpholine rings is 1. The van der Waals surface area contributed by atoms with E-state index in [0.29, 0.717) is 5.69 Å². The van der Waals surface area contributed by atoms with Crippen molar-refractivity contribution in [3.63, 3.8) is 0 Å². The Bertz CT molecular complexity index is 649. The van der Waals surface area contributed by atoms with Crippen molar-refractivity contribution in [1.29, 1.82) is 0 Å². The lowest BCUT2D eigenvalue weighted by Gasteiger charge is -2.26. The molecule has 120 valence electrons. The van der Waals surface area contributed by atoms with E-state index in [-0.39, 0.29) is 5.91 Å². The molecule has 1 aliphatic rings. The summed E-state index contributed by atoms with van der Waals surface area (Å²) < 4.78 is 5.35. The number of aryl methyl sites for hydroxylation is 1. The summed E-state index contributed by atoms with van der Waals surface area (Å²) in [5, 5.41) is 2.83. The van der Waals surface area contributed by atoms with Gasteiger partial charge >= 0.3 is 0 Å². The van der Waals surface area contributed by atoms with Gasteiger partial charge in [-0.1, -0.05) is 12.1 Å². The highest BCUT2D eigenvalue weighted by molar-refractivity contribution is 6.02. The predicted molar refractivity (Wildman–Crippen MR) is 87.3 cm³/mol. The molecule has 3 rings (SSSR count). The fraction of sp³-hybridized carbons (Fsp3) is 0.353. The standard InChI is InChI=1S/C17H20N4O2/c1-13-10-19-16(11-18-13)17(22)20-15-4-2-14(3-5-15)12-21-6-8-23-9-7-21/h2-5,10-11H,6-9,12H2,1H3,(H,20,22). The van der Waals surface area contributed by atoms with Crippen LogP contribution in [0.15, 0.2) is 36.7 Å². The minimum Gasteiger partial charge on any atom is -0.379 e. The van der Waals surface area contributed by atoms with Crippen LogP contribution in [0.3, 0.4) is 0 Å². The van der Waals surface area contributed by atoms with E-state index < -0.39 is 0 Å². The number of carbonyl (C=O) groups is 1. The van der Waals surface area contributed by atoms with Crippen LogP contribution >= 0.6 is 0 Å². The zero-order chi connectivity index (χ0) is 16.1. The second-order valence-electron chi connectivity index (χ2n) is 5.58. The van der Waals surface area contributed by atoms with E-state index in [4.69, 9.17) is 4.74 Å². The first-order chi connectivity index (χ1) is 11.2. The first-order valence-electron chi connectivity index (χ1n) is 7.70. The molecular weight excluding hydrogens is 292 g/mol. The van der Waals surface area contributed by atoms with Crippen LogP contribution in [-0.2, 0) is 11.3 Å². The van der Waals surface area contributed by atoms with Crippen molar-refractivity contribution in [2.45, 2.75) is 13.5 Å². The molecule has 0 spiro atoms. The van der Waals surface area contributed by atoms with Gasteiger partial charge in [-0.25, -0.2) is 4.98 Å². The van der Waals surface area contributed by atoms with Crippen molar-refractivity contribution >= 4 is 11.6 Å². The van der Waals surface area contributed by atoms with Crippen LogP contribution in [0.4, 0.5) is 5.69 Å². The Morgan fingerprint density at radius 3 is 2.57 bits per heavy atom. The Kier molecular flexibility index (Phi) is 4.95. The van der Waals surface area contributed by atoms with Gasteiger partial charge in [0.25, 0.3) is 5.91 Å². The quantitative estimate of drug-likeness (QED) is 0.933. The van der Waals surface area contributed by atoms with E-state index in [1.807, 2.05) is 31.2 Å². The van der Waals surface area contributed by atoms with Gasteiger partial charge in [-0.05, 0) is 24.6 Å². The number of rotatable bonds is 4. The summed E-state index contributed by atoms with van der Waals surface area (Å²) >= 11 is 0. The van der Waals surface area contributed by atoms with Crippen LogP contribution in [-0.4, -0.2) is 47.1 Å². The number of carbonyl (C=O) groups excluding carboxylic acids is 1. The Morgan fingerprint density at radius 2 is 1.91 bits per heavy atom. The monoisotopic (exact) mass is 312 g/mol. The van der Waals surface area contributed by atoms with Gasteiger partial charge in [-0.3, -0.25) is 14.7 Å². The number of ether oxygens (including phenoxy) is 1. The number of anilines is 1. The van der Waals surface area contributed by atoms with Crippen LogP contribution in [0.1, 0.15) is 21.7 Å². The molecule has 2 heterocycles. The molecular formula is C17H20N4O2. The van der Waals surface area contributed by atoms with E-state index in [1.165, 1.54) is 11.8 Å². The predicted octanol–water partition coefficient (Wildman–Crippen LogP) is 1.87. The summed E-state index contributed by atoms with van der Waals surface area (Å²) in [7, 11) is 0. The third-order valence-electron chi connectivity index (χ3n) is 3.74. The lowest BCUT2D eigenvalue weighted by atomic mass is 10.2. The van der Waals surface area contributed by atoms with Crippen LogP contribution in [0.25, 0.3) is 0 Å². The summed E-state index contributed by atoms with van der Waals surface area (Å²) in [6, 6.07) is 7.89. The van der Waals surface area contributed by atoms with Gasteiger partial charge in [-0.2, -0.15) is 0 Å². The van der Waals surface area contributed by atoms with Crippen molar-refractivity contribution < 1.29 is 9.53 Å². The summed E-state index contributed by atoms with van der Waals surface area (Å²) in [5.74, 6) is -0.251. The van der Waals surface area contributed by atoms with Crippen LogP contribution in [0.5, 0.6) is 0 Å². The maximum Gasteiger partial charge on any atom is 0.275 e. The Hall–Kier alpha value is -2.31. The SMILES string of the molecule is Cc1cnc(C(=O)Nc2ccc(CN3CCOCC3)cc2)cn1. The zero-order valence-corrected chi connectivity index (χ0v) is 13.2. The minimum absolute atomic E-state index is 0.251. The number of hydrogen-bond donors (Lipinski definition) is 1. The van der Waals surface area contributed by atoms with Crippen LogP contribution in [0.2, 0.25) is 0 Å². The van der Waals surface area contributed by atoms with Crippen molar-refractivity contribution in [2.24, 2.45) is 0 Å². The molecule has 6 nitrogen and oxygen atoms in total. The Morgan fingerprint density at radius 1 is 1.17 bits per heavy atom. The van der Waals surface area contributed by atoms with Gasteiger partial charge < -0.3 is 10.1 Å². The number of nitrogens with zero attached hydrogens (tertiary/aromatic N) is 3. The molecule has 1 N–H and O–H groups in total. The molecule has 1 saturated heterocycles.